The molecule has 0 bridgehead atoms. The molecule has 0 unspecified atom stereocenters. The number of hydrogen-bond acceptors (Lipinski definition) is 9. The van der Waals surface area contributed by atoms with Crippen LogP contribution in [0.1, 0.15) is 69.1 Å². The van der Waals surface area contributed by atoms with Crippen molar-refractivity contribution in [2.75, 3.05) is 59.2 Å². The Morgan fingerprint density at radius 2 is 1.89 bits per heavy atom. The third-order valence-electron chi connectivity index (χ3n) is 7.97. The van der Waals surface area contributed by atoms with Gasteiger partial charge in [0.2, 0.25) is 11.9 Å². The molecule has 11 heteroatoms. The van der Waals surface area contributed by atoms with Gasteiger partial charge in [-0.05, 0) is 57.5 Å². The zero-order chi connectivity index (χ0) is 32.3. The Balaban J connectivity index is 1.39. The van der Waals surface area contributed by atoms with Gasteiger partial charge in [0.1, 0.15) is 11.9 Å². The average Bonchev–Trinajstić information content (AvgIpc) is 3.44. The Morgan fingerprint density at radius 3 is 2.60 bits per heavy atom. The van der Waals surface area contributed by atoms with Gasteiger partial charge in [-0.1, -0.05) is 51.1 Å². The largest absolute Gasteiger partial charge is 0.460 e. The van der Waals surface area contributed by atoms with Crippen LogP contribution >= 0.6 is 0 Å². The summed E-state index contributed by atoms with van der Waals surface area (Å²) in [6, 6.07) is 8.38. The van der Waals surface area contributed by atoms with Gasteiger partial charge in [0, 0.05) is 63.7 Å². The van der Waals surface area contributed by atoms with E-state index in [2.05, 4.69) is 36.2 Å². The second-order valence-corrected chi connectivity index (χ2v) is 12.6. The fourth-order valence-electron chi connectivity index (χ4n) is 5.38. The normalized spacial score (nSPS) is 14.6. The summed E-state index contributed by atoms with van der Waals surface area (Å²) in [7, 11) is 6.05. The third kappa shape index (κ3) is 10.1. The van der Waals surface area contributed by atoms with E-state index in [1.54, 1.807) is 15.5 Å². The van der Waals surface area contributed by atoms with Crippen LogP contribution in [0.25, 0.3) is 5.65 Å². The molecule has 1 N–H and O–H groups in total. The first-order chi connectivity index (χ1) is 21.6. The van der Waals surface area contributed by atoms with E-state index in [1.165, 1.54) is 0 Å². The van der Waals surface area contributed by atoms with Crippen molar-refractivity contribution >= 4 is 23.3 Å². The molecule has 1 fully saturated rings. The number of nitrogens with one attached hydrogen (secondary N) is 1. The quantitative estimate of drug-likeness (QED) is 0.237. The lowest BCUT2D eigenvalue weighted by Crippen LogP contribution is -2.36. The molecule has 3 heterocycles. The minimum Gasteiger partial charge on any atom is -0.460 e. The predicted molar refractivity (Wildman–Crippen MR) is 178 cm³/mol. The Morgan fingerprint density at radius 1 is 1.13 bits per heavy atom. The number of likely N-dealkylation sites (tertiary alicyclic amines) is 1. The molecule has 11 nitrogen and oxygen atoms in total. The molecule has 0 aliphatic carbocycles. The highest BCUT2D eigenvalue weighted by molar-refractivity contribution is 5.88. The van der Waals surface area contributed by atoms with E-state index in [0.717, 1.165) is 54.7 Å². The number of nitrogens with zero attached hydrogens (tertiary/aromatic N) is 7. The van der Waals surface area contributed by atoms with Crippen LogP contribution in [0.2, 0.25) is 0 Å². The molecule has 1 amide bonds. The maximum absolute atomic E-state index is 12.9. The van der Waals surface area contributed by atoms with E-state index in [-0.39, 0.29) is 23.7 Å². The number of ketones is 1. The van der Waals surface area contributed by atoms with E-state index in [4.69, 9.17) is 14.7 Å². The number of Topliss-reactive ketones (excluding diaryl/α,β-unsaturated/α-hetero) is 1. The molecule has 1 aliphatic rings. The smallest absolute Gasteiger partial charge is 0.322 e. The van der Waals surface area contributed by atoms with Crippen molar-refractivity contribution in [3.8, 4) is 6.01 Å². The third-order valence-corrected chi connectivity index (χ3v) is 7.97. The number of fused-ring (bicyclic) bond motifs is 1. The van der Waals surface area contributed by atoms with Gasteiger partial charge in [-0.3, -0.25) is 9.59 Å². The van der Waals surface area contributed by atoms with Gasteiger partial charge < -0.3 is 24.8 Å². The van der Waals surface area contributed by atoms with E-state index in [9.17, 15) is 9.59 Å². The molecule has 0 spiro atoms. The van der Waals surface area contributed by atoms with Gasteiger partial charge in [0.25, 0.3) is 0 Å². The minimum atomic E-state index is -0.0454. The Bertz CT molecular complexity index is 1440. The summed E-state index contributed by atoms with van der Waals surface area (Å²) in [5, 5.41) is 8.01. The van der Waals surface area contributed by atoms with Crippen LogP contribution in [0.5, 0.6) is 6.01 Å². The molecule has 1 saturated heterocycles. The zero-order valence-electron chi connectivity index (χ0n) is 27.8. The molecule has 244 valence electrons. The minimum absolute atomic E-state index is 0.0454. The van der Waals surface area contributed by atoms with Gasteiger partial charge in [-0.2, -0.15) is 19.6 Å². The van der Waals surface area contributed by atoms with Crippen LogP contribution in [0.15, 0.2) is 42.6 Å². The van der Waals surface area contributed by atoms with Crippen molar-refractivity contribution < 1.29 is 14.3 Å². The van der Waals surface area contributed by atoms with Crippen LogP contribution in [-0.2, 0) is 22.6 Å². The molecule has 1 aliphatic heterocycles. The molecular formula is C34H50N8O3. The summed E-state index contributed by atoms with van der Waals surface area (Å²) in [4.78, 5) is 41.1. The molecule has 3 aromatic rings. The standard InChI is InChI=1S/C34H50N8O3/c1-7-16-41(31(44)12-9-17-39(4)5)20-13-28(43)22-26-10-8-11-27(21-26)23-35-33-38-34(45-29-14-18-40(6)19-15-29)37-32-30(25(2)3)24-36-42(32)33/h8-12,21,24-25,29H,7,13-20,22-23H2,1-6H3,(H,35,37,38)/b12-9+. The molecule has 0 atom stereocenters. The van der Waals surface area contributed by atoms with Crippen molar-refractivity contribution in [3.63, 3.8) is 0 Å². The van der Waals surface area contributed by atoms with Crippen LogP contribution in [0.4, 0.5) is 5.95 Å². The second kappa shape index (κ2) is 16.5. The van der Waals surface area contributed by atoms with E-state index >= 15 is 0 Å². The predicted octanol–water partition coefficient (Wildman–Crippen LogP) is 4.19. The summed E-state index contributed by atoms with van der Waals surface area (Å²) in [5.41, 5.74) is 3.75. The number of benzene rings is 1. The van der Waals surface area contributed by atoms with Crippen molar-refractivity contribution in [2.45, 2.75) is 71.4 Å². The Labute approximate surface area is 267 Å². The first kappa shape index (κ1) is 34.1. The number of anilines is 1. The van der Waals surface area contributed by atoms with Crippen molar-refractivity contribution in [1.29, 1.82) is 0 Å². The van der Waals surface area contributed by atoms with Gasteiger partial charge in [0.05, 0.1) is 6.20 Å². The number of likely N-dealkylation sites (N-methyl/N-ethyl adjacent to an activating group) is 1. The summed E-state index contributed by atoms with van der Waals surface area (Å²) < 4.78 is 8.01. The highest BCUT2D eigenvalue weighted by Crippen LogP contribution is 2.24. The molecule has 4 rings (SSSR count). The number of carbonyl (C=O) groups excluding carboxylic acids is 2. The number of rotatable bonds is 16. The average molecular weight is 619 g/mol. The van der Waals surface area contributed by atoms with Crippen molar-refractivity contribution in [3.05, 3.63) is 59.3 Å². The fourth-order valence-corrected chi connectivity index (χ4v) is 5.38. The maximum Gasteiger partial charge on any atom is 0.322 e. The fraction of sp³-hybridized carbons (Fsp3) is 0.559. The Kier molecular flexibility index (Phi) is 12.5. The number of aromatic nitrogens is 4. The number of carbonyl (C=O) groups is 2. The maximum atomic E-state index is 12.9. The zero-order valence-corrected chi connectivity index (χ0v) is 27.8. The topological polar surface area (TPSA) is 108 Å². The van der Waals surface area contributed by atoms with Gasteiger partial charge in [-0.15, -0.1) is 0 Å². The number of amides is 1. The van der Waals surface area contributed by atoms with Gasteiger partial charge >= 0.3 is 6.01 Å². The summed E-state index contributed by atoms with van der Waals surface area (Å²) in [6.07, 6.45) is 8.78. The first-order valence-corrected chi connectivity index (χ1v) is 16.2. The molecule has 2 aromatic heterocycles. The number of hydrogen-bond donors (Lipinski definition) is 1. The second-order valence-electron chi connectivity index (χ2n) is 12.6. The van der Waals surface area contributed by atoms with Gasteiger partial charge in [0.15, 0.2) is 5.65 Å². The van der Waals surface area contributed by atoms with Crippen LogP contribution < -0.4 is 10.1 Å². The van der Waals surface area contributed by atoms with Gasteiger partial charge in [-0.25, -0.2) is 0 Å². The van der Waals surface area contributed by atoms with E-state index < -0.39 is 0 Å². The van der Waals surface area contributed by atoms with Crippen molar-refractivity contribution in [1.82, 2.24) is 34.3 Å². The summed E-state index contributed by atoms with van der Waals surface area (Å²) in [5.74, 6) is 0.882. The molecular weight excluding hydrogens is 568 g/mol. The molecule has 1 aromatic carbocycles. The molecule has 0 saturated carbocycles. The lowest BCUT2D eigenvalue weighted by atomic mass is 10.0. The van der Waals surface area contributed by atoms with Crippen LogP contribution in [-0.4, -0.2) is 106 Å². The SMILES string of the molecule is CCCN(CCC(=O)Cc1cccc(CNc2nc(OC3CCN(C)CC3)nc3c(C(C)C)cnn23)c1)C(=O)/C=C/CN(C)C. The van der Waals surface area contributed by atoms with E-state index in [0.29, 0.717) is 51.0 Å². The first-order valence-electron chi connectivity index (χ1n) is 16.2. The Hall–Kier alpha value is -3.83. The monoisotopic (exact) mass is 618 g/mol. The van der Waals surface area contributed by atoms with Crippen molar-refractivity contribution in [2.24, 2.45) is 0 Å². The highest BCUT2D eigenvalue weighted by Gasteiger charge is 2.22. The highest BCUT2D eigenvalue weighted by atomic mass is 16.5. The number of ether oxygens (including phenoxy) is 1. The van der Waals surface area contributed by atoms with Crippen LogP contribution in [0.3, 0.4) is 0 Å². The summed E-state index contributed by atoms with van der Waals surface area (Å²) >= 11 is 0. The number of piperidine rings is 1. The molecule has 0 radical (unpaired) electrons. The van der Waals surface area contributed by atoms with E-state index in [1.807, 2.05) is 62.5 Å². The lowest BCUT2D eigenvalue weighted by Gasteiger charge is -2.28. The summed E-state index contributed by atoms with van der Waals surface area (Å²) in [6.45, 7) is 10.5. The van der Waals surface area contributed by atoms with Crippen LogP contribution in [0, 0.1) is 0 Å². The lowest BCUT2D eigenvalue weighted by molar-refractivity contribution is -0.127. The molecule has 45 heavy (non-hydrogen) atoms.